The topological polar surface area (TPSA) is 34.4 Å². The third kappa shape index (κ3) is 5.15. The van der Waals surface area contributed by atoms with Gasteiger partial charge in [-0.3, -0.25) is 0 Å². The predicted molar refractivity (Wildman–Crippen MR) is 71.3 cm³/mol. The second-order valence-electron chi connectivity index (χ2n) is 4.35. The number of furan rings is 1. The van der Waals surface area contributed by atoms with Gasteiger partial charge in [-0.25, -0.2) is 0 Å². The van der Waals surface area contributed by atoms with Crippen LogP contribution < -0.4 is 5.32 Å². The first-order valence-corrected chi connectivity index (χ1v) is 7.52. The Morgan fingerprint density at radius 2 is 2.53 bits per heavy atom. The molecule has 4 heteroatoms. The Hall–Kier alpha value is -0.450. The summed E-state index contributed by atoms with van der Waals surface area (Å²) in [5.74, 6) is 3.51. The first-order valence-electron chi connectivity index (χ1n) is 6.36. The van der Waals surface area contributed by atoms with Gasteiger partial charge in [-0.15, -0.1) is 0 Å². The summed E-state index contributed by atoms with van der Waals surface area (Å²) >= 11 is 2.06. The lowest BCUT2D eigenvalue weighted by Crippen LogP contribution is -2.34. The summed E-state index contributed by atoms with van der Waals surface area (Å²) in [6.45, 7) is 2.45. The van der Waals surface area contributed by atoms with Crippen LogP contribution in [0.1, 0.15) is 25.0 Å². The summed E-state index contributed by atoms with van der Waals surface area (Å²) < 4.78 is 10.7. The van der Waals surface area contributed by atoms with Gasteiger partial charge in [0.15, 0.2) is 0 Å². The Morgan fingerprint density at radius 1 is 1.53 bits per heavy atom. The Bertz CT molecular complexity index is 284. The fourth-order valence-corrected chi connectivity index (χ4v) is 3.06. The van der Waals surface area contributed by atoms with Crippen LogP contribution >= 0.6 is 11.8 Å². The number of hydrogen-bond donors (Lipinski definition) is 1. The molecular formula is C13H21NO2S. The Balaban J connectivity index is 1.43. The lowest BCUT2D eigenvalue weighted by atomic mass is 10.2. The lowest BCUT2D eigenvalue weighted by Gasteiger charge is -2.22. The lowest BCUT2D eigenvalue weighted by molar-refractivity contribution is 0.103. The summed E-state index contributed by atoms with van der Waals surface area (Å²) in [6, 6.07) is 4.55. The van der Waals surface area contributed by atoms with Crippen LogP contribution in [-0.2, 0) is 11.3 Å². The molecule has 2 rings (SSSR count). The number of rotatable bonds is 7. The van der Waals surface area contributed by atoms with Gasteiger partial charge >= 0.3 is 0 Å². The van der Waals surface area contributed by atoms with Gasteiger partial charge in [-0.05, 0) is 43.7 Å². The number of nitrogens with one attached hydrogen (secondary N) is 1. The molecule has 1 saturated heterocycles. The van der Waals surface area contributed by atoms with Crippen molar-refractivity contribution in [3.63, 3.8) is 0 Å². The summed E-state index contributed by atoms with van der Waals surface area (Å²) in [5.41, 5.74) is 0. The van der Waals surface area contributed by atoms with Gasteiger partial charge in [-0.1, -0.05) is 0 Å². The Kier molecular flexibility index (Phi) is 5.96. The van der Waals surface area contributed by atoms with E-state index in [2.05, 4.69) is 17.1 Å². The highest BCUT2D eigenvalue weighted by Crippen LogP contribution is 2.16. The van der Waals surface area contributed by atoms with Gasteiger partial charge in [0.25, 0.3) is 0 Å². The van der Waals surface area contributed by atoms with E-state index in [9.17, 15) is 0 Å². The SMILES string of the molecule is c1coc(COCCCNC2CCCSC2)c1. The molecular weight excluding hydrogens is 234 g/mol. The van der Waals surface area contributed by atoms with Gasteiger partial charge in [-0.2, -0.15) is 11.8 Å². The average Bonchev–Trinajstić information content (AvgIpc) is 2.88. The Morgan fingerprint density at radius 3 is 3.29 bits per heavy atom. The zero-order valence-electron chi connectivity index (χ0n) is 10.2. The standard InChI is InChI=1S/C13H21NO2S/c1-5-13(16-8-1)10-15-7-3-6-14-12-4-2-9-17-11-12/h1,5,8,12,14H,2-4,6-7,9-11H2. The molecule has 1 aliphatic heterocycles. The molecule has 2 heterocycles. The molecule has 17 heavy (non-hydrogen) atoms. The molecule has 1 aromatic rings. The minimum absolute atomic E-state index is 0.590. The molecule has 0 radical (unpaired) electrons. The normalized spacial score (nSPS) is 20.6. The van der Waals surface area contributed by atoms with Crippen molar-refractivity contribution < 1.29 is 9.15 Å². The summed E-state index contributed by atoms with van der Waals surface area (Å²) in [6.07, 6.45) is 5.44. The molecule has 1 aliphatic rings. The summed E-state index contributed by atoms with van der Waals surface area (Å²) in [7, 11) is 0. The monoisotopic (exact) mass is 255 g/mol. The van der Waals surface area contributed by atoms with E-state index in [1.54, 1.807) is 6.26 Å². The molecule has 0 amide bonds. The van der Waals surface area contributed by atoms with E-state index in [0.717, 1.165) is 31.4 Å². The van der Waals surface area contributed by atoms with E-state index in [-0.39, 0.29) is 0 Å². The predicted octanol–water partition coefficient (Wildman–Crippen LogP) is 2.67. The molecule has 1 unspecified atom stereocenters. The number of thioether (sulfide) groups is 1. The van der Waals surface area contributed by atoms with Crippen LogP contribution in [0, 0.1) is 0 Å². The Labute approximate surface area is 107 Å². The van der Waals surface area contributed by atoms with Gasteiger partial charge in [0.05, 0.1) is 6.26 Å². The smallest absolute Gasteiger partial charge is 0.129 e. The van der Waals surface area contributed by atoms with Gasteiger partial charge in [0, 0.05) is 18.4 Å². The maximum Gasteiger partial charge on any atom is 0.129 e. The van der Waals surface area contributed by atoms with Crippen molar-refractivity contribution in [2.75, 3.05) is 24.7 Å². The van der Waals surface area contributed by atoms with E-state index in [4.69, 9.17) is 9.15 Å². The maximum atomic E-state index is 5.53. The molecule has 3 nitrogen and oxygen atoms in total. The highest BCUT2D eigenvalue weighted by molar-refractivity contribution is 7.99. The third-order valence-electron chi connectivity index (χ3n) is 2.88. The van der Waals surface area contributed by atoms with Crippen LogP contribution in [0.3, 0.4) is 0 Å². The molecule has 1 atom stereocenters. The highest BCUT2D eigenvalue weighted by atomic mass is 32.2. The van der Waals surface area contributed by atoms with Crippen LogP contribution in [0.15, 0.2) is 22.8 Å². The van der Waals surface area contributed by atoms with Crippen molar-refractivity contribution in [1.29, 1.82) is 0 Å². The number of hydrogen-bond acceptors (Lipinski definition) is 4. The van der Waals surface area contributed by atoms with Crippen LogP contribution in [0.25, 0.3) is 0 Å². The fraction of sp³-hybridized carbons (Fsp3) is 0.692. The van der Waals surface area contributed by atoms with Crippen LogP contribution in [0.4, 0.5) is 0 Å². The van der Waals surface area contributed by atoms with Gasteiger partial charge in [0.1, 0.15) is 12.4 Å². The second-order valence-corrected chi connectivity index (χ2v) is 5.50. The second kappa shape index (κ2) is 7.80. The third-order valence-corrected chi connectivity index (χ3v) is 4.10. The largest absolute Gasteiger partial charge is 0.467 e. The average molecular weight is 255 g/mol. The van der Waals surface area contributed by atoms with E-state index < -0.39 is 0 Å². The summed E-state index contributed by atoms with van der Waals surface area (Å²) in [5, 5.41) is 3.59. The van der Waals surface area contributed by atoms with Crippen LogP contribution in [0.2, 0.25) is 0 Å². The van der Waals surface area contributed by atoms with E-state index >= 15 is 0 Å². The molecule has 0 aromatic carbocycles. The van der Waals surface area contributed by atoms with Gasteiger partial charge < -0.3 is 14.5 Å². The van der Waals surface area contributed by atoms with Crippen molar-refractivity contribution in [2.24, 2.45) is 0 Å². The minimum atomic E-state index is 0.590. The number of ether oxygens (including phenoxy) is 1. The molecule has 0 saturated carbocycles. The zero-order valence-corrected chi connectivity index (χ0v) is 11.0. The molecule has 0 bridgehead atoms. The van der Waals surface area contributed by atoms with E-state index in [1.165, 1.54) is 24.3 Å². The molecule has 1 fully saturated rings. The molecule has 96 valence electrons. The van der Waals surface area contributed by atoms with Crippen molar-refractivity contribution in [3.05, 3.63) is 24.2 Å². The first kappa shape index (κ1) is 13.0. The van der Waals surface area contributed by atoms with Crippen LogP contribution in [0.5, 0.6) is 0 Å². The quantitative estimate of drug-likeness (QED) is 0.760. The molecule has 0 spiro atoms. The van der Waals surface area contributed by atoms with Gasteiger partial charge in [0.2, 0.25) is 0 Å². The van der Waals surface area contributed by atoms with Crippen molar-refractivity contribution >= 4 is 11.8 Å². The molecule has 0 aliphatic carbocycles. The van der Waals surface area contributed by atoms with Crippen molar-refractivity contribution in [2.45, 2.75) is 31.9 Å². The maximum absolute atomic E-state index is 5.53. The molecule has 1 N–H and O–H groups in total. The van der Waals surface area contributed by atoms with Crippen LogP contribution in [-0.4, -0.2) is 30.7 Å². The highest BCUT2D eigenvalue weighted by Gasteiger charge is 2.11. The first-order chi connectivity index (χ1) is 8.45. The summed E-state index contributed by atoms with van der Waals surface area (Å²) in [4.78, 5) is 0. The van der Waals surface area contributed by atoms with Crippen molar-refractivity contribution in [1.82, 2.24) is 5.32 Å². The van der Waals surface area contributed by atoms with E-state index in [1.807, 2.05) is 12.1 Å². The minimum Gasteiger partial charge on any atom is -0.467 e. The zero-order chi connectivity index (χ0) is 11.8. The van der Waals surface area contributed by atoms with E-state index in [0.29, 0.717) is 6.61 Å². The fourth-order valence-electron chi connectivity index (χ4n) is 1.95. The van der Waals surface area contributed by atoms with Crippen molar-refractivity contribution in [3.8, 4) is 0 Å². The molecule has 1 aromatic heterocycles.